The second-order valence-electron chi connectivity index (χ2n) is 4.89. The summed E-state index contributed by atoms with van der Waals surface area (Å²) in [6.07, 6.45) is 3.06. The fraction of sp³-hybridized carbons (Fsp3) is 0.125. The van der Waals surface area contributed by atoms with E-state index in [1.807, 2.05) is 35.2 Å². The number of hydrogen-bond donors (Lipinski definition) is 1. The Morgan fingerprint density at radius 2 is 2.09 bits per heavy atom. The zero-order chi connectivity index (χ0) is 16.1. The quantitative estimate of drug-likeness (QED) is 0.868. The Morgan fingerprint density at radius 3 is 2.83 bits per heavy atom. The van der Waals surface area contributed by atoms with Gasteiger partial charge in [-0.25, -0.2) is 5.43 Å². The average molecular weight is 326 g/mol. The van der Waals surface area contributed by atoms with Gasteiger partial charge in [-0.3, -0.25) is 14.6 Å². The lowest BCUT2D eigenvalue weighted by molar-refractivity contribution is -0.110. The first kappa shape index (κ1) is 15.2. The summed E-state index contributed by atoms with van der Waals surface area (Å²) in [7, 11) is 0. The van der Waals surface area contributed by atoms with Crippen LogP contribution in [0.1, 0.15) is 15.9 Å². The van der Waals surface area contributed by atoms with Crippen LogP contribution in [-0.2, 0) is 11.3 Å². The Bertz CT molecular complexity index is 734. The van der Waals surface area contributed by atoms with Crippen molar-refractivity contribution in [1.29, 1.82) is 0 Å². The van der Waals surface area contributed by atoms with Crippen molar-refractivity contribution in [3.05, 3.63) is 66.0 Å². The van der Waals surface area contributed by atoms with E-state index in [1.165, 1.54) is 6.20 Å². The van der Waals surface area contributed by atoms with Gasteiger partial charge in [0, 0.05) is 18.9 Å². The van der Waals surface area contributed by atoms with Crippen LogP contribution >= 0.6 is 11.8 Å². The van der Waals surface area contributed by atoms with Crippen LogP contribution in [0.5, 0.6) is 0 Å². The Morgan fingerprint density at radius 1 is 1.26 bits per heavy atom. The molecule has 1 aromatic carbocycles. The van der Waals surface area contributed by atoms with Crippen molar-refractivity contribution in [1.82, 2.24) is 15.3 Å². The van der Waals surface area contributed by atoms with Gasteiger partial charge in [-0.2, -0.15) is 0 Å². The molecule has 0 atom stereocenters. The number of hydrazone groups is 1. The average Bonchev–Trinajstić information content (AvgIpc) is 2.94. The van der Waals surface area contributed by atoms with E-state index in [1.54, 1.807) is 18.3 Å². The molecule has 6 nitrogen and oxygen atoms in total. The van der Waals surface area contributed by atoms with Gasteiger partial charge in [0.1, 0.15) is 0 Å². The highest BCUT2D eigenvalue weighted by Crippen LogP contribution is 2.21. The number of carbonyl (C=O) groups excluding carboxylic acids is 2. The molecule has 2 aromatic rings. The number of carbonyl (C=O) groups is 2. The highest BCUT2D eigenvalue weighted by atomic mass is 32.2. The fourth-order valence-electron chi connectivity index (χ4n) is 2.10. The molecule has 1 aliphatic heterocycles. The van der Waals surface area contributed by atoms with Crippen molar-refractivity contribution in [2.75, 3.05) is 6.54 Å². The third-order valence-corrected chi connectivity index (χ3v) is 4.08. The molecule has 7 heteroatoms. The van der Waals surface area contributed by atoms with E-state index in [0.29, 0.717) is 17.3 Å². The number of rotatable bonds is 4. The van der Waals surface area contributed by atoms with Crippen LogP contribution in [0.15, 0.2) is 60.0 Å². The van der Waals surface area contributed by atoms with Crippen molar-refractivity contribution >= 4 is 28.0 Å². The fourth-order valence-corrected chi connectivity index (χ4v) is 2.88. The molecule has 0 radical (unpaired) electrons. The maximum absolute atomic E-state index is 12.0. The Balaban J connectivity index is 1.69. The lowest BCUT2D eigenvalue weighted by atomic mass is 10.2. The van der Waals surface area contributed by atoms with Gasteiger partial charge in [0.15, 0.2) is 5.17 Å². The summed E-state index contributed by atoms with van der Waals surface area (Å²) in [5, 5.41) is 4.59. The number of thioether (sulfide) groups is 1. The van der Waals surface area contributed by atoms with Crippen LogP contribution in [0.2, 0.25) is 0 Å². The first-order chi connectivity index (χ1) is 11.2. The van der Waals surface area contributed by atoms with Crippen molar-refractivity contribution < 1.29 is 9.59 Å². The van der Waals surface area contributed by atoms with E-state index < -0.39 is 0 Å². The minimum absolute atomic E-state index is 0.00954. The van der Waals surface area contributed by atoms with Crippen molar-refractivity contribution in [2.24, 2.45) is 5.10 Å². The maximum atomic E-state index is 12.0. The van der Waals surface area contributed by atoms with Crippen LogP contribution in [0.25, 0.3) is 0 Å². The first-order valence-corrected chi connectivity index (χ1v) is 7.81. The lowest BCUT2D eigenvalue weighted by Crippen LogP contribution is -2.28. The zero-order valence-electron chi connectivity index (χ0n) is 12.2. The van der Waals surface area contributed by atoms with Gasteiger partial charge in [0.25, 0.3) is 5.91 Å². The summed E-state index contributed by atoms with van der Waals surface area (Å²) in [6.45, 7) is 0.850. The van der Waals surface area contributed by atoms with E-state index in [0.717, 1.165) is 17.3 Å². The smallest absolute Gasteiger partial charge is 0.273 e. The molecule has 1 aliphatic rings. The highest BCUT2D eigenvalue weighted by Gasteiger charge is 2.27. The number of pyridine rings is 1. The molecule has 23 heavy (non-hydrogen) atoms. The van der Waals surface area contributed by atoms with Gasteiger partial charge < -0.3 is 4.90 Å². The molecule has 1 fully saturated rings. The van der Waals surface area contributed by atoms with Gasteiger partial charge >= 0.3 is 0 Å². The second kappa shape index (κ2) is 7.06. The van der Waals surface area contributed by atoms with Gasteiger partial charge in [0.05, 0.1) is 12.1 Å². The normalized spacial score (nSPS) is 15.9. The van der Waals surface area contributed by atoms with Crippen LogP contribution in [0, 0.1) is 0 Å². The van der Waals surface area contributed by atoms with Gasteiger partial charge in [-0.05, 0) is 29.5 Å². The summed E-state index contributed by atoms with van der Waals surface area (Å²) in [5.41, 5.74) is 3.97. The highest BCUT2D eigenvalue weighted by molar-refractivity contribution is 8.26. The zero-order valence-corrected chi connectivity index (χ0v) is 13.0. The number of benzene rings is 1. The number of amidine groups is 1. The number of nitrogens with zero attached hydrogens (tertiary/aromatic N) is 3. The van der Waals surface area contributed by atoms with Crippen molar-refractivity contribution in [3.63, 3.8) is 0 Å². The van der Waals surface area contributed by atoms with Crippen LogP contribution in [-0.4, -0.2) is 32.6 Å². The summed E-state index contributed by atoms with van der Waals surface area (Å²) in [5.74, 6) is -0.356. The van der Waals surface area contributed by atoms with Crippen molar-refractivity contribution in [3.8, 4) is 0 Å². The predicted octanol–water partition coefficient (Wildman–Crippen LogP) is 1.86. The molecule has 116 valence electrons. The molecule has 1 amide bonds. The van der Waals surface area contributed by atoms with E-state index in [9.17, 15) is 9.59 Å². The molecule has 0 bridgehead atoms. The minimum atomic E-state index is -0.356. The van der Waals surface area contributed by atoms with Crippen LogP contribution in [0.3, 0.4) is 0 Å². The molecule has 0 saturated carbocycles. The molecule has 2 heterocycles. The lowest BCUT2D eigenvalue weighted by Gasteiger charge is -2.16. The first-order valence-electron chi connectivity index (χ1n) is 7.00. The SMILES string of the molecule is O=C1CN(Cc2ccccc2)/C(=N\NC(=O)c2cccnc2)S1. The van der Waals surface area contributed by atoms with E-state index in [2.05, 4.69) is 15.5 Å². The molecule has 0 aliphatic carbocycles. The molecule has 0 spiro atoms. The minimum Gasteiger partial charge on any atom is -0.337 e. The summed E-state index contributed by atoms with van der Waals surface area (Å²) in [6, 6.07) is 13.1. The summed E-state index contributed by atoms with van der Waals surface area (Å²) in [4.78, 5) is 29.4. The Labute approximate surface area is 137 Å². The Hall–Kier alpha value is -2.67. The number of aromatic nitrogens is 1. The topological polar surface area (TPSA) is 74.7 Å². The van der Waals surface area contributed by atoms with Gasteiger partial charge in [0.2, 0.25) is 5.12 Å². The molecule has 1 saturated heterocycles. The predicted molar refractivity (Wildman–Crippen MR) is 88.6 cm³/mol. The molecule has 3 rings (SSSR count). The van der Waals surface area contributed by atoms with E-state index in [4.69, 9.17) is 0 Å². The van der Waals surface area contributed by atoms with Crippen LogP contribution < -0.4 is 5.43 Å². The Kier molecular flexibility index (Phi) is 4.68. The van der Waals surface area contributed by atoms with Gasteiger partial charge in [-0.15, -0.1) is 5.10 Å². The van der Waals surface area contributed by atoms with Crippen molar-refractivity contribution in [2.45, 2.75) is 6.54 Å². The molecule has 1 N–H and O–H groups in total. The second-order valence-corrected chi connectivity index (χ2v) is 5.92. The van der Waals surface area contributed by atoms with E-state index >= 15 is 0 Å². The molecule has 0 unspecified atom stereocenters. The van der Waals surface area contributed by atoms with Crippen LogP contribution in [0.4, 0.5) is 0 Å². The summed E-state index contributed by atoms with van der Waals surface area (Å²) >= 11 is 1.04. The van der Waals surface area contributed by atoms with Gasteiger partial charge in [-0.1, -0.05) is 30.3 Å². The number of amides is 1. The molecular weight excluding hydrogens is 312 g/mol. The number of nitrogens with one attached hydrogen (secondary N) is 1. The third-order valence-electron chi connectivity index (χ3n) is 3.19. The molecule has 1 aromatic heterocycles. The largest absolute Gasteiger partial charge is 0.337 e. The standard InChI is InChI=1S/C16H14N4O2S/c21-14-11-20(10-12-5-2-1-3-6-12)16(23-14)19-18-15(22)13-7-4-8-17-9-13/h1-9H,10-11H2,(H,18,22)/b19-16+. The maximum Gasteiger partial charge on any atom is 0.273 e. The third kappa shape index (κ3) is 3.95. The monoisotopic (exact) mass is 326 g/mol. The number of hydrogen-bond acceptors (Lipinski definition) is 5. The molecular formula is C16H14N4O2S. The van der Waals surface area contributed by atoms with E-state index in [-0.39, 0.29) is 17.6 Å². The summed E-state index contributed by atoms with van der Waals surface area (Å²) < 4.78 is 0.